The largest absolute Gasteiger partial charge is 0.494 e. The van der Waals surface area contributed by atoms with Gasteiger partial charge < -0.3 is 14.4 Å². The second-order valence-electron chi connectivity index (χ2n) is 10.3. The van der Waals surface area contributed by atoms with Crippen LogP contribution in [0.15, 0.2) is 42.5 Å². The molecule has 38 heavy (non-hydrogen) atoms. The molecule has 0 aromatic heterocycles. The highest BCUT2D eigenvalue weighted by atomic mass is 16.6. The lowest BCUT2D eigenvalue weighted by Gasteiger charge is -2.19. The fourth-order valence-electron chi connectivity index (χ4n) is 6.65. The number of nitro groups is 1. The van der Waals surface area contributed by atoms with E-state index in [-0.39, 0.29) is 71.5 Å². The molecule has 4 aliphatic rings. The van der Waals surface area contributed by atoms with Crippen molar-refractivity contribution in [1.29, 1.82) is 0 Å². The number of hydrogen-bond acceptors (Lipinski definition) is 8. The van der Waals surface area contributed by atoms with E-state index < -0.39 is 16.8 Å². The molecule has 0 unspecified atom stereocenters. The van der Waals surface area contributed by atoms with Crippen LogP contribution in [0.4, 0.5) is 17.1 Å². The Balaban J connectivity index is 1.17. The number of carbonyl (C=O) groups excluding carboxylic acids is 4. The van der Waals surface area contributed by atoms with Crippen molar-refractivity contribution in [3.8, 4) is 11.5 Å². The van der Waals surface area contributed by atoms with Gasteiger partial charge in [0.05, 0.1) is 47.2 Å². The number of rotatable bonds is 6. The third kappa shape index (κ3) is 3.72. The van der Waals surface area contributed by atoms with Crippen molar-refractivity contribution < 1.29 is 33.6 Å². The van der Waals surface area contributed by atoms with Crippen LogP contribution in [0.25, 0.3) is 0 Å². The molecule has 2 aliphatic heterocycles. The van der Waals surface area contributed by atoms with Gasteiger partial charge in [-0.05, 0) is 49.3 Å². The predicted molar refractivity (Wildman–Crippen MR) is 132 cm³/mol. The van der Waals surface area contributed by atoms with E-state index >= 15 is 0 Å². The number of methoxy groups -OCH3 is 1. The summed E-state index contributed by atoms with van der Waals surface area (Å²) in [7, 11) is 1.34. The number of non-ortho nitro benzene ring substituents is 1. The van der Waals surface area contributed by atoms with Crippen LogP contribution in [0.5, 0.6) is 11.5 Å². The van der Waals surface area contributed by atoms with Gasteiger partial charge in [0, 0.05) is 25.1 Å². The highest BCUT2D eigenvalue weighted by Gasteiger charge is 2.61. The number of esters is 1. The average molecular weight is 520 g/mol. The van der Waals surface area contributed by atoms with E-state index in [0.717, 1.165) is 19.3 Å². The zero-order valence-corrected chi connectivity index (χ0v) is 20.6. The minimum Gasteiger partial charge on any atom is -0.494 e. The number of anilines is 2. The number of hydrogen-bond donors (Lipinski definition) is 0. The number of ether oxygens (including phenoxy) is 2. The molecule has 2 bridgehead atoms. The molecule has 6 rings (SSSR count). The fraction of sp³-hybridized carbons (Fsp3) is 0.407. The van der Waals surface area contributed by atoms with Gasteiger partial charge >= 0.3 is 5.97 Å². The van der Waals surface area contributed by atoms with E-state index in [4.69, 9.17) is 9.47 Å². The van der Waals surface area contributed by atoms with Crippen molar-refractivity contribution in [3.63, 3.8) is 0 Å². The molecule has 196 valence electrons. The van der Waals surface area contributed by atoms with Crippen molar-refractivity contribution in [2.75, 3.05) is 23.5 Å². The molecule has 3 amide bonds. The highest BCUT2D eigenvalue weighted by Crippen LogP contribution is 2.56. The Kier molecular flexibility index (Phi) is 5.66. The van der Waals surface area contributed by atoms with E-state index in [9.17, 15) is 29.3 Å². The second kappa shape index (κ2) is 8.93. The number of benzene rings is 2. The molecule has 5 atom stereocenters. The Morgan fingerprint density at radius 1 is 1.03 bits per heavy atom. The summed E-state index contributed by atoms with van der Waals surface area (Å²) >= 11 is 0. The van der Waals surface area contributed by atoms with Crippen LogP contribution in [-0.4, -0.2) is 42.3 Å². The summed E-state index contributed by atoms with van der Waals surface area (Å²) in [4.78, 5) is 65.1. The minimum atomic E-state index is -0.781. The second-order valence-corrected chi connectivity index (χ2v) is 10.3. The first-order chi connectivity index (χ1) is 18.3. The van der Waals surface area contributed by atoms with Gasteiger partial charge in [-0.25, -0.2) is 4.90 Å². The molecule has 0 radical (unpaired) electrons. The van der Waals surface area contributed by atoms with E-state index in [1.54, 1.807) is 18.2 Å². The van der Waals surface area contributed by atoms with Crippen LogP contribution in [0.1, 0.15) is 25.7 Å². The molecule has 2 aromatic carbocycles. The summed E-state index contributed by atoms with van der Waals surface area (Å²) in [5, 5.41) is 11.1. The summed E-state index contributed by atoms with van der Waals surface area (Å²) in [5.41, 5.74) is 0.518. The van der Waals surface area contributed by atoms with Crippen LogP contribution in [0.3, 0.4) is 0 Å². The van der Waals surface area contributed by atoms with Crippen molar-refractivity contribution >= 4 is 40.8 Å². The first-order valence-corrected chi connectivity index (χ1v) is 12.6. The first kappa shape index (κ1) is 24.1. The van der Waals surface area contributed by atoms with Gasteiger partial charge in [-0.15, -0.1) is 0 Å². The van der Waals surface area contributed by atoms with Gasteiger partial charge in [-0.2, -0.15) is 0 Å². The summed E-state index contributed by atoms with van der Waals surface area (Å²) in [6, 6.07) is 10.2. The number of fused-ring (bicyclic) bond motifs is 5. The standard InChI is InChI=1S/C27H25N3O8/c1-37-21-12-18(30(35)36)7-8-20(21)28-13-16(10-22(28)31)27(34)38-19-4-2-3-17(11-19)29-25(32)23-14-5-6-15(9-14)24(23)26(29)33/h2-4,7-8,11-12,14-16,23-24H,5-6,9-10,13H2,1H3/t14-,15-,16+,23-,24+/m0/s1. The molecule has 0 spiro atoms. The predicted octanol–water partition coefficient (Wildman–Crippen LogP) is 3.10. The van der Waals surface area contributed by atoms with Gasteiger partial charge in [0.25, 0.3) is 5.69 Å². The van der Waals surface area contributed by atoms with Gasteiger partial charge in [0.2, 0.25) is 17.7 Å². The number of nitro benzene ring substituents is 1. The molecule has 0 N–H and O–H groups in total. The maximum atomic E-state index is 13.2. The smallest absolute Gasteiger partial charge is 0.316 e. The van der Waals surface area contributed by atoms with Crippen LogP contribution in [-0.2, 0) is 19.2 Å². The molecular formula is C27H25N3O8. The van der Waals surface area contributed by atoms with Gasteiger partial charge in [-0.1, -0.05) is 6.07 Å². The summed E-state index contributed by atoms with van der Waals surface area (Å²) < 4.78 is 10.8. The minimum absolute atomic E-state index is 0.0146. The molecule has 2 aliphatic carbocycles. The summed E-state index contributed by atoms with van der Waals surface area (Å²) in [6.07, 6.45) is 2.81. The Bertz CT molecular complexity index is 1360. The zero-order valence-electron chi connectivity index (χ0n) is 20.6. The molecule has 2 saturated heterocycles. The molecule has 11 heteroatoms. The Morgan fingerprint density at radius 3 is 2.39 bits per heavy atom. The maximum absolute atomic E-state index is 13.2. The van der Waals surface area contributed by atoms with E-state index in [1.165, 1.54) is 41.2 Å². The SMILES string of the molecule is COc1cc([N+](=O)[O-])ccc1N1C[C@H](C(=O)Oc2cccc(N3C(=O)[C@@H]4[C@H]5CC[C@@H](C5)[C@@H]4C3=O)c2)CC1=O. The van der Waals surface area contributed by atoms with Crippen LogP contribution >= 0.6 is 0 Å². The number of imide groups is 1. The Labute approximate surface area is 217 Å². The molecule has 11 nitrogen and oxygen atoms in total. The van der Waals surface area contributed by atoms with Gasteiger partial charge in [0.1, 0.15) is 11.5 Å². The summed E-state index contributed by atoms with van der Waals surface area (Å²) in [6.45, 7) is 0.0146. The lowest BCUT2D eigenvalue weighted by Crippen LogP contribution is -2.32. The fourth-order valence-corrected chi connectivity index (χ4v) is 6.65. The maximum Gasteiger partial charge on any atom is 0.316 e. The molecule has 2 saturated carbocycles. The quantitative estimate of drug-likeness (QED) is 0.187. The van der Waals surface area contributed by atoms with E-state index in [1.807, 2.05) is 0 Å². The van der Waals surface area contributed by atoms with Crippen molar-refractivity contribution in [2.24, 2.45) is 29.6 Å². The molecule has 2 heterocycles. The van der Waals surface area contributed by atoms with Gasteiger partial charge in [0.15, 0.2) is 0 Å². The number of amides is 3. The highest BCUT2D eigenvalue weighted by molar-refractivity contribution is 6.22. The van der Waals surface area contributed by atoms with Crippen molar-refractivity contribution in [1.82, 2.24) is 0 Å². The van der Waals surface area contributed by atoms with E-state index in [0.29, 0.717) is 11.4 Å². The number of carbonyl (C=O) groups is 4. The molecule has 4 fully saturated rings. The van der Waals surface area contributed by atoms with Gasteiger partial charge in [-0.3, -0.25) is 29.3 Å². The third-order valence-electron chi connectivity index (χ3n) is 8.35. The normalized spacial score (nSPS) is 27.7. The Hall–Kier alpha value is -4.28. The van der Waals surface area contributed by atoms with Crippen molar-refractivity contribution in [3.05, 3.63) is 52.6 Å². The first-order valence-electron chi connectivity index (χ1n) is 12.6. The number of nitrogens with zero attached hydrogens (tertiary/aromatic N) is 3. The zero-order chi connectivity index (χ0) is 26.7. The van der Waals surface area contributed by atoms with Crippen LogP contribution in [0, 0.1) is 39.7 Å². The molecule has 2 aromatic rings. The lowest BCUT2D eigenvalue weighted by molar-refractivity contribution is -0.384. The Morgan fingerprint density at radius 2 is 1.74 bits per heavy atom. The third-order valence-corrected chi connectivity index (χ3v) is 8.35. The van der Waals surface area contributed by atoms with Crippen molar-refractivity contribution in [2.45, 2.75) is 25.7 Å². The summed E-state index contributed by atoms with van der Waals surface area (Å²) in [5.74, 6) is -1.76. The lowest BCUT2D eigenvalue weighted by atomic mass is 9.81. The monoisotopic (exact) mass is 519 g/mol. The average Bonchev–Trinajstić information content (AvgIpc) is 3.67. The topological polar surface area (TPSA) is 136 Å². The molecular weight excluding hydrogens is 494 g/mol. The van der Waals surface area contributed by atoms with Crippen LogP contribution < -0.4 is 19.3 Å². The van der Waals surface area contributed by atoms with Crippen LogP contribution in [0.2, 0.25) is 0 Å². The van der Waals surface area contributed by atoms with E-state index in [2.05, 4.69) is 0 Å².